The van der Waals surface area contributed by atoms with Crippen molar-refractivity contribution in [3.63, 3.8) is 0 Å². The Morgan fingerprint density at radius 1 is 1.17 bits per heavy atom. The number of carbonyl (C=O) groups excluding carboxylic acids is 1. The summed E-state index contributed by atoms with van der Waals surface area (Å²) in [6, 6.07) is 3.96. The molecule has 1 amide bonds. The molecule has 41 heavy (non-hydrogen) atoms. The summed E-state index contributed by atoms with van der Waals surface area (Å²) >= 11 is 0. The van der Waals surface area contributed by atoms with Crippen molar-refractivity contribution in [2.45, 2.75) is 72.5 Å². The van der Waals surface area contributed by atoms with Crippen LogP contribution in [0.15, 0.2) is 23.0 Å². The number of nitrogens with zero attached hydrogens (tertiary/aromatic N) is 5. The van der Waals surface area contributed by atoms with Crippen molar-refractivity contribution in [1.29, 1.82) is 0 Å². The number of fused-ring (bicyclic) bond motifs is 7. The molecule has 4 heterocycles. The van der Waals surface area contributed by atoms with Gasteiger partial charge in [-0.15, -0.1) is 5.10 Å². The van der Waals surface area contributed by atoms with E-state index in [4.69, 9.17) is 14.6 Å². The first-order valence-corrected chi connectivity index (χ1v) is 15.5. The molecule has 5 rings (SSSR count). The van der Waals surface area contributed by atoms with E-state index in [0.717, 1.165) is 12.8 Å². The molecule has 2 bridgehead atoms. The smallest absolute Gasteiger partial charge is 0.280 e. The van der Waals surface area contributed by atoms with Crippen LogP contribution in [-0.2, 0) is 17.5 Å². The van der Waals surface area contributed by atoms with Gasteiger partial charge in [-0.3, -0.25) is 13.9 Å². The highest BCUT2D eigenvalue weighted by Crippen LogP contribution is 2.41. The van der Waals surface area contributed by atoms with E-state index in [0.29, 0.717) is 48.0 Å². The van der Waals surface area contributed by atoms with Gasteiger partial charge >= 0.3 is 0 Å². The number of anilines is 1. The first kappa shape index (κ1) is 30.5. The van der Waals surface area contributed by atoms with Crippen LogP contribution >= 0.6 is 0 Å². The summed E-state index contributed by atoms with van der Waals surface area (Å²) in [5, 5.41) is 4.89. The molecule has 2 atom stereocenters. The Balaban J connectivity index is 0.00000189. The lowest BCUT2D eigenvalue weighted by atomic mass is 10.1. The van der Waals surface area contributed by atoms with Gasteiger partial charge in [-0.2, -0.15) is 0 Å². The van der Waals surface area contributed by atoms with E-state index >= 15 is 0 Å². The van der Waals surface area contributed by atoms with E-state index in [1.165, 1.54) is 23.9 Å². The van der Waals surface area contributed by atoms with Crippen LogP contribution in [0, 0.1) is 5.82 Å². The third kappa shape index (κ3) is 5.58. The average molecular weight is 590 g/mol. The molecule has 0 saturated carbocycles. The predicted molar refractivity (Wildman–Crippen MR) is 159 cm³/mol. The van der Waals surface area contributed by atoms with E-state index < -0.39 is 22.4 Å². The molecule has 2 unspecified atom stereocenters. The first-order valence-electron chi connectivity index (χ1n) is 14.2. The lowest BCUT2D eigenvalue weighted by molar-refractivity contribution is 0.0615. The third-order valence-corrected chi connectivity index (χ3v) is 8.82. The van der Waals surface area contributed by atoms with Gasteiger partial charge < -0.3 is 18.9 Å². The zero-order chi connectivity index (χ0) is 30.0. The summed E-state index contributed by atoms with van der Waals surface area (Å²) in [6.45, 7) is 10.7. The number of ether oxygens (including phenoxy) is 2. The number of hydrogen-bond acceptors (Lipinski definition) is 6. The maximum Gasteiger partial charge on any atom is 0.280 e. The summed E-state index contributed by atoms with van der Waals surface area (Å²) in [7, 11) is 1.69. The van der Waals surface area contributed by atoms with Gasteiger partial charge in [-0.25, -0.2) is 13.3 Å². The summed E-state index contributed by atoms with van der Waals surface area (Å²) in [5.74, 6) is 0.545. The fourth-order valence-corrected chi connectivity index (χ4v) is 6.43. The molecular formula is C29H40FN5O5S. The Bertz CT molecular complexity index is 1520. The highest BCUT2D eigenvalue weighted by atomic mass is 32.2. The van der Waals surface area contributed by atoms with Crippen LogP contribution < -0.4 is 19.3 Å². The van der Waals surface area contributed by atoms with Crippen molar-refractivity contribution in [1.82, 2.24) is 19.2 Å². The number of carbonyl (C=O) groups is 1. The maximum atomic E-state index is 14.1. The van der Waals surface area contributed by atoms with Crippen LogP contribution in [-0.4, -0.2) is 68.5 Å². The Morgan fingerprint density at radius 2 is 1.90 bits per heavy atom. The van der Waals surface area contributed by atoms with Crippen LogP contribution in [0.5, 0.6) is 11.5 Å². The number of hydrogen-bond donors (Lipinski definition) is 0. The SMILES string of the molecule is CC.COc1c2n(c3c4nn(c(=O)c13)Cc1ccc(F)cc1OCCCCCS(=O)N4C)C(C)CN(C(C)C)C2=O. The third-order valence-electron chi connectivity index (χ3n) is 7.40. The largest absolute Gasteiger partial charge is 0.493 e. The topological polar surface area (TPSA) is 98.9 Å². The minimum atomic E-state index is -1.44. The van der Waals surface area contributed by atoms with Crippen LogP contribution in [0.4, 0.5) is 10.2 Å². The Labute approximate surface area is 242 Å². The number of amides is 1. The molecule has 0 radical (unpaired) electrons. The molecule has 224 valence electrons. The lowest BCUT2D eigenvalue weighted by Gasteiger charge is -2.36. The Kier molecular flexibility index (Phi) is 9.41. The molecule has 0 saturated heterocycles. The molecule has 0 N–H and O–H groups in total. The van der Waals surface area contributed by atoms with Crippen LogP contribution in [0.1, 0.15) is 76.0 Å². The van der Waals surface area contributed by atoms with Gasteiger partial charge in [0.15, 0.2) is 17.3 Å². The van der Waals surface area contributed by atoms with Gasteiger partial charge in [0.25, 0.3) is 11.5 Å². The molecule has 0 spiro atoms. The van der Waals surface area contributed by atoms with Gasteiger partial charge in [-0.1, -0.05) is 19.9 Å². The number of methoxy groups -OCH3 is 1. The molecule has 3 aromatic rings. The van der Waals surface area contributed by atoms with E-state index in [1.54, 1.807) is 22.3 Å². The lowest BCUT2D eigenvalue weighted by Crippen LogP contribution is -2.45. The second-order valence-electron chi connectivity index (χ2n) is 10.3. The number of rotatable bonds is 2. The van der Waals surface area contributed by atoms with E-state index in [9.17, 15) is 18.2 Å². The summed E-state index contributed by atoms with van der Waals surface area (Å²) in [6.07, 6.45) is 2.20. The van der Waals surface area contributed by atoms with Crippen molar-refractivity contribution in [2.24, 2.45) is 0 Å². The van der Waals surface area contributed by atoms with Gasteiger partial charge in [0, 0.05) is 43.1 Å². The molecule has 0 fully saturated rings. The number of benzene rings is 1. The second kappa shape index (κ2) is 12.6. The minimum Gasteiger partial charge on any atom is -0.493 e. The Hall–Kier alpha value is -3.41. The maximum absolute atomic E-state index is 14.1. The van der Waals surface area contributed by atoms with Gasteiger partial charge in [-0.05, 0) is 46.1 Å². The number of aromatic nitrogens is 3. The zero-order valence-corrected chi connectivity index (χ0v) is 25.7. The van der Waals surface area contributed by atoms with E-state index in [1.807, 2.05) is 39.2 Å². The van der Waals surface area contributed by atoms with Gasteiger partial charge in [0.2, 0.25) is 0 Å². The highest BCUT2D eigenvalue weighted by molar-refractivity contribution is 7.86. The fourth-order valence-electron chi connectivity index (χ4n) is 5.39. The van der Waals surface area contributed by atoms with Crippen molar-refractivity contribution >= 4 is 33.6 Å². The molecule has 12 heteroatoms. The molecule has 2 aliphatic rings. The molecule has 0 aliphatic carbocycles. The first-order chi connectivity index (χ1) is 19.6. The van der Waals surface area contributed by atoms with Gasteiger partial charge in [0.1, 0.15) is 33.5 Å². The van der Waals surface area contributed by atoms with Crippen molar-refractivity contribution < 1.29 is 22.9 Å². The summed E-state index contributed by atoms with van der Waals surface area (Å²) < 4.78 is 43.8. The molecule has 1 aromatic carbocycles. The van der Waals surface area contributed by atoms with Crippen LogP contribution in [0.3, 0.4) is 0 Å². The predicted octanol–water partition coefficient (Wildman–Crippen LogP) is 4.51. The van der Waals surface area contributed by atoms with Crippen molar-refractivity contribution in [3.8, 4) is 11.5 Å². The molecule has 2 aliphatic heterocycles. The molecule has 2 aromatic heterocycles. The monoisotopic (exact) mass is 589 g/mol. The normalized spacial score (nSPS) is 19.6. The minimum absolute atomic E-state index is 0.0108. The fraction of sp³-hybridized carbons (Fsp3) is 0.552. The second-order valence-corrected chi connectivity index (χ2v) is 11.9. The standard InChI is InChI=1S/C27H34FN5O5S.C2H6/c1-16(2)31-14-17(3)33-22-21(24(37-5)23(33)27(31)35)26(34)32-15-18-9-10-19(28)13-20(18)38-11-7-6-8-12-39(36)30(4)25(22)29-32;1-2/h9-10,13,16-17H,6-8,11-12,14-15H2,1-5H3;1-2H3. The van der Waals surface area contributed by atoms with Crippen LogP contribution in [0.2, 0.25) is 0 Å². The number of halogens is 1. The van der Waals surface area contributed by atoms with E-state index in [-0.39, 0.29) is 41.4 Å². The van der Waals surface area contributed by atoms with Crippen LogP contribution in [0.25, 0.3) is 10.9 Å². The van der Waals surface area contributed by atoms with E-state index in [2.05, 4.69) is 0 Å². The van der Waals surface area contributed by atoms with Crippen molar-refractivity contribution in [2.75, 3.05) is 37.4 Å². The quantitative estimate of drug-likeness (QED) is 0.436. The zero-order valence-electron chi connectivity index (χ0n) is 24.9. The van der Waals surface area contributed by atoms with Crippen molar-refractivity contribution in [3.05, 3.63) is 45.6 Å². The Morgan fingerprint density at radius 3 is 2.59 bits per heavy atom. The summed E-state index contributed by atoms with van der Waals surface area (Å²) in [5.41, 5.74) is 0.812. The summed E-state index contributed by atoms with van der Waals surface area (Å²) in [4.78, 5) is 29.5. The highest BCUT2D eigenvalue weighted by Gasteiger charge is 2.39. The molecule has 10 nitrogen and oxygen atoms in total. The molecular weight excluding hydrogens is 549 g/mol. The van der Waals surface area contributed by atoms with Gasteiger partial charge in [0.05, 0.1) is 20.3 Å². The average Bonchev–Trinajstić information content (AvgIpc) is 3.31.